The van der Waals surface area contributed by atoms with Crippen LogP contribution in [0, 0.1) is 0 Å². The lowest BCUT2D eigenvalue weighted by Crippen LogP contribution is -2.46. The number of amides is 1. The van der Waals surface area contributed by atoms with Crippen LogP contribution in [0.15, 0.2) is 42.6 Å². The molecule has 1 atom stereocenters. The van der Waals surface area contributed by atoms with Crippen LogP contribution in [0.4, 0.5) is 0 Å². The van der Waals surface area contributed by atoms with E-state index < -0.39 is 5.97 Å². The molecule has 0 aliphatic carbocycles. The van der Waals surface area contributed by atoms with Crippen molar-refractivity contribution in [2.75, 3.05) is 26.3 Å². The van der Waals surface area contributed by atoms with Crippen LogP contribution in [0.1, 0.15) is 24.2 Å². The Hall–Kier alpha value is -3.26. The van der Waals surface area contributed by atoms with Gasteiger partial charge in [0.2, 0.25) is 0 Å². The standard InChI is InChI=1S/C22H24N4O4/c1-3-26-21-18(12-23-26)17(11-19(24-21)16-7-5-4-6-8-16)22(28)30-14-20(27)25-9-10-29-15(2)13-25/h4-8,11-12,15H,3,9-10,13-14H2,1-2H3. The van der Waals surface area contributed by atoms with Crippen molar-refractivity contribution >= 4 is 22.9 Å². The van der Waals surface area contributed by atoms with Crippen molar-refractivity contribution < 1.29 is 19.1 Å². The highest BCUT2D eigenvalue weighted by atomic mass is 16.5. The average Bonchev–Trinajstić information content (AvgIpc) is 3.20. The van der Waals surface area contributed by atoms with E-state index in [0.717, 1.165) is 5.56 Å². The lowest BCUT2D eigenvalue weighted by Gasteiger charge is -2.30. The van der Waals surface area contributed by atoms with Gasteiger partial charge in [0.05, 0.1) is 35.6 Å². The highest BCUT2D eigenvalue weighted by Crippen LogP contribution is 2.25. The van der Waals surface area contributed by atoms with E-state index in [1.165, 1.54) is 0 Å². The van der Waals surface area contributed by atoms with Crippen molar-refractivity contribution in [1.82, 2.24) is 19.7 Å². The van der Waals surface area contributed by atoms with Crippen molar-refractivity contribution in [3.05, 3.63) is 48.2 Å². The third-order valence-electron chi connectivity index (χ3n) is 5.12. The van der Waals surface area contributed by atoms with Gasteiger partial charge in [-0.05, 0) is 19.9 Å². The van der Waals surface area contributed by atoms with Gasteiger partial charge in [0.1, 0.15) is 0 Å². The molecule has 4 rings (SSSR count). The topological polar surface area (TPSA) is 86.6 Å². The van der Waals surface area contributed by atoms with Gasteiger partial charge in [-0.1, -0.05) is 30.3 Å². The maximum Gasteiger partial charge on any atom is 0.339 e. The zero-order valence-electron chi connectivity index (χ0n) is 17.1. The van der Waals surface area contributed by atoms with Gasteiger partial charge >= 0.3 is 5.97 Å². The Labute approximate surface area is 174 Å². The van der Waals surface area contributed by atoms with Crippen molar-refractivity contribution in [1.29, 1.82) is 0 Å². The number of fused-ring (bicyclic) bond motifs is 1. The van der Waals surface area contributed by atoms with Crippen LogP contribution in [0.3, 0.4) is 0 Å². The highest BCUT2D eigenvalue weighted by molar-refractivity contribution is 6.04. The van der Waals surface area contributed by atoms with E-state index in [-0.39, 0.29) is 18.6 Å². The molecule has 0 radical (unpaired) electrons. The summed E-state index contributed by atoms with van der Waals surface area (Å²) in [4.78, 5) is 31.7. The molecule has 3 aromatic rings. The predicted octanol–water partition coefficient (Wildman–Crippen LogP) is 2.52. The molecule has 0 spiro atoms. The number of aromatic nitrogens is 3. The molecule has 1 saturated heterocycles. The molecule has 1 amide bonds. The minimum absolute atomic E-state index is 0.0217. The largest absolute Gasteiger partial charge is 0.452 e. The number of esters is 1. The van der Waals surface area contributed by atoms with Crippen LogP contribution in [-0.2, 0) is 20.8 Å². The van der Waals surface area contributed by atoms with Gasteiger partial charge in [-0.2, -0.15) is 5.10 Å². The number of carbonyl (C=O) groups excluding carboxylic acids is 2. The molecule has 3 heterocycles. The summed E-state index contributed by atoms with van der Waals surface area (Å²) in [6.45, 7) is 5.68. The second kappa shape index (κ2) is 8.62. The number of nitrogens with zero attached hydrogens (tertiary/aromatic N) is 4. The average molecular weight is 408 g/mol. The van der Waals surface area contributed by atoms with E-state index in [0.29, 0.717) is 48.5 Å². The van der Waals surface area contributed by atoms with Crippen LogP contribution in [0.2, 0.25) is 0 Å². The second-order valence-corrected chi connectivity index (χ2v) is 7.22. The number of pyridine rings is 1. The van der Waals surface area contributed by atoms with E-state index in [4.69, 9.17) is 14.5 Å². The first-order valence-electron chi connectivity index (χ1n) is 10.0. The maximum absolute atomic E-state index is 12.9. The molecule has 8 heteroatoms. The van der Waals surface area contributed by atoms with Crippen LogP contribution in [-0.4, -0.2) is 63.9 Å². The fourth-order valence-corrected chi connectivity index (χ4v) is 3.55. The Bertz CT molecular complexity index is 1060. The lowest BCUT2D eigenvalue weighted by molar-refractivity contribution is -0.141. The Morgan fingerprint density at radius 2 is 2.07 bits per heavy atom. The molecule has 0 saturated carbocycles. The summed E-state index contributed by atoms with van der Waals surface area (Å²) in [6.07, 6.45) is 1.59. The number of aryl methyl sites for hydroxylation is 1. The van der Waals surface area contributed by atoms with Gasteiger partial charge in [0, 0.05) is 25.2 Å². The molecule has 1 unspecified atom stereocenters. The van der Waals surface area contributed by atoms with Crippen LogP contribution < -0.4 is 0 Å². The molecule has 8 nitrogen and oxygen atoms in total. The zero-order valence-corrected chi connectivity index (χ0v) is 17.1. The third-order valence-corrected chi connectivity index (χ3v) is 5.12. The number of ether oxygens (including phenoxy) is 2. The first-order chi connectivity index (χ1) is 14.6. The van der Waals surface area contributed by atoms with Crippen LogP contribution >= 0.6 is 0 Å². The fourth-order valence-electron chi connectivity index (χ4n) is 3.55. The molecule has 30 heavy (non-hydrogen) atoms. The van der Waals surface area contributed by atoms with Gasteiger partial charge < -0.3 is 14.4 Å². The van der Waals surface area contributed by atoms with E-state index >= 15 is 0 Å². The highest BCUT2D eigenvalue weighted by Gasteiger charge is 2.24. The van der Waals surface area contributed by atoms with Gasteiger partial charge in [0.25, 0.3) is 5.91 Å². The minimum Gasteiger partial charge on any atom is -0.452 e. The number of morpholine rings is 1. The van der Waals surface area contributed by atoms with Crippen molar-refractivity contribution in [2.45, 2.75) is 26.5 Å². The number of benzene rings is 1. The molecule has 1 fully saturated rings. The first-order valence-corrected chi connectivity index (χ1v) is 10.0. The van der Waals surface area contributed by atoms with Gasteiger partial charge in [-0.3, -0.25) is 4.79 Å². The van der Waals surface area contributed by atoms with Crippen molar-refractivity contribution in [3.63, 3.8) is 0 Å². The van der Waals surface area contributed by atoms with E-state index in [2.05, 4.69) is 5.10 Å². The molecule has 0 N–H and O–H groups in total. The molecule has 1 aromatic carbocycles. The lowest BCUT2D eigenvalue weighted by atomic mass is 10.1. The van der Waals surface area contributed by atoms with E-state index in [1.807, 2.05) is 44.2 Å². The number of rotatable bonds is 5. The molecular formula is C22H24N4O4. The first kappa shape index (κ1) is 20.0. The monoisotopic (exact) mass is 408 g/mol. The Morgan fingerprint density at radius 1 is 1.27 bits per heavy atom. The zero-order chi connectivity index (χ0) is 21.1. The van der Waals surface area contributed by atoms with Gasteiger partial charge in [-0.15, -0.1) is 0 Å². The number of carbonyl (C=O) groups is 2. The van der Waals surface area contributed by atoms with Crippen molar-refractivity contribution in [3.8, 4) is 11.3 Å². The summed E-state index contributed by atoms with van der Waals surface area (Å²) < 4.78 is 12.6. The summed E-state index contributed by atoms with van der Waals surface area (Å²) in [5, 5.41) is 4.93. The Balaban J connectivity index is 1.60. The number of hydrogen-bond donors (Lipinski definition) is 0. The third kappa shape index (κ3) is 4.04. The summed E-state index contributed by atoms with van der Waals surface area (Å²) in [5.74, 6) is -0.791. The van der Waals surface area contributed by atoms with Gasteiger partial charge in [0.15, 0.2) is 12.3 Å². The summed E-state index contributed by atoms with van der Waals surface area (Å²) >= 11 is 0. The van der Waals surface area contributed by atoms with Crippen LogP contribution in [0.5, 0.6) is 0 Å². The predicted molar refractivity (Wildman–Crippen MR) is 111 cm³/mol. The van der Waals surface area contributed by atoms with Gasteiger partial charge in [-0.25, -0.2) is 14.5 Å². The summed E-state index contributed by atoms with van der Waals surface area (Å²) in [7, 11) is 0. The van der Waals surface area contributed by atoms with E-state index in [1.54, 1.807) is 21.8 Å². The van der Waals surface area contributed by atoms with Crippen LogP contribution in [0.25, 0.3) is 22.3 Å². The molecular weight excluding hydrogens is 384 g/mol. The summed E-state index contributed by atoms with van der Waals surface area (Å²) in [6, 6.07) is 11.3. The molecule has 0 bridgehead atoms. The minimum atomic E-state index is -0.565. The summed E-state index contributed by atoms with van der Waals surface area (Å²) in [5.41, 5.74) is 2.50. The maximum atomic E-state index is 12.9. The smallest absolute Gasteiger partial charge is 0.339 e. The molecule has 1 aliphatic heterocycles. The molecule has 2 aromatic heterocycles. The Kier molecular flexibility index (Phi) is 5.76. The van der Waals surface area contributed by atoms with E-state index in [9.17, 15) is 9.59 Å². The number of hydrogen-bond acceptors (Lipinski definition) is 6. The molecule has 1 aliphatic rings. The quantitative estimate of drug-likeness (QED) is 0.603. The SMILES string of the molecule is CCn1ncc2c(C(=O)OCC(=O)N3CCOC(C)C3)cc(-c3ccccc3)nc21. The normalized spacial score (nSPS) is 16.6. The Morgan fingerprint density at radius 3 is 2.80 bits per heavy atom. The fraction of sp³-hybridized carbons (Fsp3) is 0.364. The van der Waals surface area contributed by atoms with Crippen molar-refractivity contribution in [2.24, 2.45) is 0 Å². The second-order valence-electron chi connectivity index (χ2n) is 7.22. The molecule has 156 valence electrons.